The molecule has 0 saturated carbocycles. The molecular weight excluding hydrogens is 514 g/mol. The van der Waals surface area contributed by atoms with E-state index in [4.69, 9.17) is 16.7 Å². The highest BCUT2D eigenvalue weighted by Crippen LogP contribution is 2.26. The van der Waals surface area contributed by atoms with Crippen molar-refractivity contribution in [2.24, 2.45) is 0 Å². The number of carboxylic acid groups (broad SMARTS) is 1. The number of hydrogen-bond acceptors (Lipinski definition) is 7. The second-order valence-corrected chi connectivity index (χ2v) is 11.7. The van der Waals surface area contributed by atoms with E-state index in [1.54, 1.807) is 30.3 Å². The fourth-order valence-corrected chi connectivity index (χ4v) is 7.06. The molecule has 2 aromatic heterocycles. The third-order valence-corrected chi connectivity index (χ3v) is 9.17. The molecule has 4 aromatic rings. The Morgan fingerprint density at radius 3 is 2.50 bits per heavy atom. The molecule has 0 bridgehead atoms. The van der Waals surface area contributed by atoms with E-state index in [0.717, 1.165) is 22.2 Å². The fraction of sp³-hybridized carbons (Fsp3) is 0.261. The molecule has 34 heavy (non-hydrogen) atoms. The number of aryl methyl sites for hydroxylation is 2. The van der Waals surface area contributed by atoms with Gasteiger partial charge in [0, 0.05) is 23.0 Å². The Morgan fingerprint density at radius 2 is 1.76 bits per heavy atom. The lowest BCUT2D eigenvalue weighted by Crippen LogP contribution is -2.33. The Morgan fingerprint density at radius 1 is 1.00 bits per heavy atom. The van der Waals surface area contributed by atoms with Gasteiger partial charge in [0.05, 0.1) is 11.7 Å². The molecule has 0 aliphatic rings. The van der Waals surface area contributed by atoms with E-state index in [0.29, 0.717) is 54.8 Å². The van der Waals surface area contributed by atoms with E-state index in [9.17, 15) is 13.2 Å². The zero-order valence-electron chi connectivity index (χ0n) is 18.1. The largest absolute Gasteiger partial charge is 0.477 e. The second-order valence-electron chi connectivity index (χ2n) is 7.70. The fourth-order valence-electron chi connectivity index (χ4n) is 3.69. The number of aromatic nitrogens is 2. The van der Waals surface area contributed by atoms with E-state index >= 15 is 0 Å². The summed E-state index contributed by atoms with van der Waals surface area (Å²) in [5, 5.41) is 9.78. The van der Waals surface area contributed by atoms with Gasteiger partial charge >= 0.3 is 5.97 Å². The minimum atomic E-state index is -3.80. The molecule has 0 fully saturated rings. The zero-order valence-corrected chi connectivity index (χ0v) is 21.3. The van der Waals surface area contributed by atoms with Crippen molar-refractivity contribution in [2.75, 3.05) is 13.1 Å². The van der Waals surface area contributed by atoms with E-state index in [1.165, 1.54) is 15.6 Å². The highest BCUT2D eigenvalue weighted by molar-refractivity contribution is 7.89. The minimum absolute atomic E-state index is 0.158. The van der Waals surface area contributed by atoms with Crippen LogP contribution >= 0.6 is 34.7 Å². The van der Waals surface area contributed by atoms with Gasteiger partial charge in [-0.05, 0) is 67.6 Å². The topological polar surface area (TPSA) is 100 Å². The first-order valence-electron chi connectivity index (χ1n) is 10.6. The van der Waals surface area contributed by atoms with Crippen LogP contribution in [0.1, 0.15) is 33.0 Å². The predicted molar refractivity (Wildman–Crippen MR) is 136 cm³/mol. The molecule has 178 valence electrons. The van der Waals surface area contributed by atoms with Gasteiger partial charge in [-0.1, -0.05) is 29.8 Å². The number of nitrogens with zero attached hydrogens (tertiary/aromatic N) is 3. The van der Waals surface area contributed by atoms with Crippen molar-refractivity contribution in [2.45, 2.75) is 30.6 Å². The maximum absolute atomic E-state index is 13.6. The minimum Gasteiger partial charge on any atom is -0.477 e. The molecule has 11 heteroatoms. The van der Waals surface area contributed by atoms with Crippen molar-refractivity contribution in [3.8, 4) is 0 Å². The van der Waals surface area contributed by atoms with Crippen LogP contribution in [0, 0.1) is 0 Å². The van der Waals surface area contributed by atoms with Crippen molar-refractivity contribution < 1.29 is 18.3 Å². The van der Waals surface area contributed by atoms with Crippen LogP contribution in [0.5, 0.6) is 0 Å². The second kappa shape index (κ2) is 10.9. The zero-order chi connectivity index (χ0) is 24.1. The van der Waals surface area contributed by atoms with Gasteiger partial charge in [-0.2, -0.15) is 13.1 Å². The first-order chi connectivity index (χ1) is 16.3. The molecule has 0 aliphatic carbocycles. The molecule has 0 aliphatic heterocycles. The molecule has 0 atom stereocenters. The number of aromatic carboxylic acids is 1. The Balaban J connectivity index is 1.51. The predicted octanol–water partition coefficient (Wildman–Crippen LogP) is 5.36. The Hall–Kier alpha value is -2.37. The quantitative estimate of drug-likeness (QED) is 0.277. The van der Waals surface area contributed by atoms with Gasteiger partial charge in [-0.25, -0.2) is 13.2 Å². The van der Waals surface area contributed by atoms with Crippen molar-refractivity contribution in [3.63, 3.8) is 0 Å². The van der Waals surface area contributed by atoms with E-state index in [1.807, 2.05) is 24.3 Å². The van der Waals surface area contributed by atoms with Gasteiger partial charge in [0.25, 0.3) is 0 Å². The summed E-state index contributed by atoms with van der Waals surface area (Å²) < 4.78 is 37.2. The summed E-state index contributed by atoms with van der Waals surface area (Å²) in [6, 6.07) is 15.9. The SMILES string of the molecule is O=C(O)c1ccc(CCCN(CCCc2cccc(Cl)c2)S(=O)(=O)c2cccc3nsnc23)s1. The standard InChI is InChI=1S/C23H22ClN3O4S3/c24-17-7-1-5-16(15-17)6-3-13-27(14-4-8-18-11-12-20(32-18)23(28)29)34(30,31)21-10-2-9-19-22(21)26-33-25-19/h1-2,5,7,9-12,15H,3-4,6,8,13-14H2,(H,28,29). The molecule has 0 spiro atoms. The van der Waals surface area contributed by atoms with E-state index in [2.05, 4.69) is 8.75 Å². The number of thiophene rings is 1. The lowest BCUT2D eigenvalue weighted by atomic mass is 10.1. The molecule has 1 N–H and O–H groups in total. The summed E-state index contributed by atoms with van der Waals surface area (Å²) in [5.41, 5.74) is 2.00. The van der Waals surface area contributed by atoms with Crippen LogP contribution in [0.4, 0.5) is 0 Å². The third kappa shape index (κ3) is 5.81. The lowest BCUT2D eigenvalue weighted by Gasteiger charge is -2.22. The molecule has 0 saturated heterocycles. The average Bonchev–Trinajstić information content (AvgIpc) is 3.47. The Labute approximate surface area is 211 Å². The van der Waals surface area contributed by atoms with Gasteiger partial charge < -0.3 is 5.11 Å². The molecule has 0 unspecified atom stereocenters. The maximum Gasteiger partial charge on any atom is 0.345 e. The summed E-state index contributed by atoms with van der Waals surface area (Å²) in [6.07, 6.45) is 2.50. The number of fused-ring (bicyclic) bond motifs is 1. The number of hydrogen-bond donors (Lipinski definition) is 1. The van der Waals surface area contributed by atoms with Gasteiger partial charge in [0.2, 0.25) is 10.0 Å². The molecule has 2 aromatic carbocycles. The summed E-state index contributed by atoms with van der Waals surface area (Å²) in [7, 11) is -3.80. The number of carboxylic acids is 1. The summed E-state index contributed by atoms with van der Waals surface area (Å²) in [5.74, 6) is -0.952. The summed E-state index contributed by atoms with van der Waals surface area (Å²) in [6.45, 7) is 0.653. The van der Waals surface area contributed by atoms with Crippen LogP contribution in [0.3, 0.4) is 0 Å². The van der Waals surface area contributed by atoms with E-state index in [-0.39, 0.29) is 9.77 Å². The number of benzene rings is 2. The van der Waals surface area contributed by atoms with Crippen LogP contribution in [0.25, 0.3) is 11.0 Å². The molecule has 7 nitrogen and oxygen atoms in total. The van der Waals surface area contributed by atoms with Crippen molar-refractivity contribution in [1.82, 2.24) is 13.1 Å². The first kappa shape index (κ1) is 24.7. The van der Waals surface area contributed by atoms with Crippen LogP contribution in [-0.2, 0) is 22.9 Å². The molecule has 4 rings (SSSR count). The van der Waals surface area contributed by atoms with Gasteiger partial charge in [-0.3, -0.25) is 0 Å². The first-order valence-corrected chi connectivity index (χ1v) is 14.0. The normalized spacial score (nSPS) is 11.9. The third-order valence-electron chi connectivity index (χ3n) is 5.33. The Kier molecular flexibility index (Phi) is 7.95. The van der Waals surface area contributed by atoms with Gasteiger partial charge in [0.15, 0.2) is 0 Å². The van der Waals surface area contributed by atoms with Crippen LogP contribution in [0.15, 0.2) is 59.5 Å². The van der Waals surface area contributed by atoms with Crippen molar-refractivity contribution in [1.29, 1.82) is 0 Å². The molecule has 0 radical (unpaired) electrons. The number of rotatable bonds is 11. The highest BCUT2D eigenvalue weighted by atomic mass is 35.5. The van der Waals surface area contributed by atoms with Gasteiger partial charge in [0.1, 0.15) is 20.8 Å². The maximum atomic E-state index is 13.6. The average molecular weight is 536 g/mol. The molecular formula is C23H22ClN3O4S3. The number of halogens is 1. The molecule has 2 heterocycles. The number of carbonyl (C=O) groups is 1. The van der Waals surface area contributed by atoms with Crippen molar-refractivity contribution >= 4 is 61.7 Å². The highest BCUT2D eigenvalue weighted by Gasteiger charge is 2.27. The monoisotopic (exact) mass is 535 g/mol. The molecule has 0 amide bonds. The van der Waals surface area contributed by atoms with Crippen LogP contribution < -0.4 is 0 Å². The summed E-state index contributed by atoms with van der Waals surface area (Å²) >= 11 is 8.29. The van der Waals surface area contributed by atoms with Crippen LogP contribution in [0.2, 0.25) is 5.02 Å². The van der Waals surface area contributed by atoms with Gasteiger partial charge in [-0.15, -0.1) is 11.3 Å². The van der Waals surface area contributed by atoms with Crippen molar-refractivity contribution in [3.05, 3.63) is 74.9 Å². The lowest BCUT2D eigenvalue weighted by molar-refractivity contribution is 0.0702. The number of sulfonamides is 1. The Bertz CT molecular complexity index is 1400. The summed E-state index contributed by atoms with van der Waals surface area (Å²) in [4.78, 5) is 12.5. The smallest absolute Gasteiger partial charge is 0.345 e. The van der Waals surface area contributed by atoms with Crippen LogP contribution in [-0.4, -0.2) is 45.6 Å². The van der Waals surface area contributed by atoms with E-state index < -0.39 is 16.0 Å².